The summed E-state index contributed by atoms with van der Waals surface area (Å²) >= 11 is 0. The van der Waals surface area contributed by atoms with Crippen LogP contribution in [0.2, 0.25) is 0 Å². The van der Waals surface area contributed by atoms with Gasteiger partial charge in [-0.2, -0.15) is 0 Å². The normalized spacial score (nSPS) is 31.8. The van der Waals surface area contributed by atoms with Crippen LogP contribution in [0.25, 0.3) is 0 Å². The van der Waals surface area contributed by atoms with Gasteiger partial charge in [-0.1, -0.05) is 79.7 Å². The van der Waals surface area contributed by atoms with E-state index in [2.05, 4.69) is 79.1 Å². The van der Waals surface area contributed by atoms with Crippen molar-refractivity contribution in [2.75, 3.05) is 6.54 Å². The predicted octanol–water partition coefficient (Wildman–Crippen LogP) is 6.00. The first-order valence-electron chi connectivity index (χ1n) is 12.2. The molecule has 3 aliphatic rings. The number of rotatable bonds is 6. The molecule has 2 aliphatic carbocycles. The molecule has 1 heterocycles. The van der Waals surface area contributed by atoms with E-state index in [4.69, 9.17) is 4.74 Å². The minimum Gasteiger partial charge on any atom is -0.462 e. The molecule has 0 radical (unpaired) electrons. The SMILES string of the molecule is C=C1CCC[C@]2(C)C[C@H]3OC(=O)[C@@H](CN(Cc4ccccc4)Cc4ccccc4)[C@H]3C[C@@H]12. The average molecular weight is 430 g/mol. The molecule has 1 aliphatic heterocycles. The summed E-state index contributed by atoms with van der Waals surface area (Å²) in [5, 5.41) is 0. The van der Waals surface area contributed by atoms with E-state index >= 15 is 0 Å². The number of esters is 1. The molecular weight excluding hydrogens is 394 g/mol. The summed E-state index contributed by atoms with van der Waals surface area (Å²) in [5.41, 5.74) is 4.21. The molecule has 5 rings (SSSR count). The van der Waals surface area contributed by atoms with E-state index in [9.17, 15) is 4.79 Å². The minimum absolute atomic E-state index is 0.0129. The summed E-state index contributed by atoms with van der Waals surface area (Å²) in [6.07, 6.45) is 5.74. The molecule has 3 fully saturated rings. The van der Waals surface area contributed by atoms with Crippen molar-refractivity contribution in [3.05, 3.63) is 83.9 Å². The van der Waals surface area contributed by atoms with E-state index < -0.39 is 0 Å². The summed E-state index contributed by atoms with van der Waals surface area (Å²) in [7, 11) is 0. The van der Waals surface area contributed by atoms with Gasteiger partial charge >= 0.3 is 5.97 Å². The highest BCUT2D eigenvalue weighted by atomic mass is 16.6. The lowest BCUT2D eigenvalue weighted by molar-refractivity contribution is -0.146. The molecule has 168 valence electrons. The third-order valence-electron chi connectivity index (χ3n) is 8.27. The standard InChI is InChI=1S/C29H35NO2/c1-21-10-9-15-29(2)17-27-24(16-26(21)29)25(28(31)32-27)20-30(18-22-11-5-3-6-12-22)19-23-13-7-4-8-14-23/h3-8,11-14,24-27H,1,9-10,15-20H2,2H3/t24-,25+,26+,27-,29-/m1/s1. The van der Waals surface area contributed by atoms with Crippen molar-refractivity contribution < 1.29 is 9.53 Å². The first kappa shape index (κ1) is 21.5. The molecule has 0 bridgehead atoms. The number of benzene rings is 2. The van der Waals surface area contributed by atoms with Crippen LogP contribution in [0.3, 0.4) is 0 Å². The van der Waals surface area contributed by atoms with Gasteiger partial charge < -0.3 is 4.74 Å². The van der Waals surface area contributed by atoms with Crippen LogP contribution in [-0.4, -0.2) is 23.5 Å². The van der Waals surface area contributed by atoms with E-state index in [0.717, 1.165) is 38.9 Å². The molecule has 3 heteroatoms. The Morgan fingerprint density at radius 3 is 2.28 bits per heavy atom. The number of hydrogen-bond acceptors (Lipinski definition) is 3. The Morgan fingerprint density at radius 1 is 1.03 bits per heavy atom. The predicted molar refractivity (Wildman–Crippen MR) is 128 cm³/mol. The highest BCUT2D eigenvalue weighted by molar-refractivity contribution is 5.75. The van der Waals surface area contributed by atoms with Gasteiger partial charge in [-0.3, -0.25) is 9.69 Å². The van der Waals surface area contributed by atoms with Gasteiger partial charge in [0.15, 0.2) is 0 Å². The maximum Gasteiger partial charge on any atom is 0.310 e. The Hall–Kier alpha value is -2.39. The van der Waals surface area contributed by atoms with Crippen molar-refractivity contribution in [1.29, 1.82) is 0 Å². The number of allylic oxidation sites excluding steroid dienone is 1. The van der Waals surface area contributed by atoms with Gasteiger partial charge in [-0.15, -0.1) is 0 Å². The fourth-order valence-corrected chi connectivity index (χ4v) is 6.61. The third kappa shape index (κ3) is 4.28. The molecule has 32 heavy (non-hydrogen) atoms. The lowest BCUT2D eigenvalue weighted by Crippen LogP contribution is -2.45. The summed E-state index contributed by atoms with van der Waals surface area (Å²) in [4.78, 5) is 15.5. The number of ether oxygens (including phenoxy) is 1. The van der Waals surface area contributed by atoms with E-state index in [-0.39, 0.29) is 23.4 Å². The Balaban J connectivity index is 1.36. The summed E-state index contributed by atoms with van der Waals surface area (Å²) in [6, 6.07) is 21.2. The number of carbonyl (C=O) groups is 1. The topological polar surface area (TPSA) is 29.5 Å². The van der Waals surface area contributed by atoms with Gasteiger partial charge in [0.25, 0.3) is 0 Å². The number of hydrogen-bond donors (Lipinski definition) is 0. The molecule has 2 aromatic carbocycles. The van der Waals surface area contributed by atoms with Crippen LogP contribution in [0.4, 0.5) is 0 Å². The lowest BCUT2D eigenvalue weighted by atomic mass is 9.55. The Bertz CT molecular complexity index is 914. The molecule has 2 saturated carbocycles. The Morgan fingerprint density at radius 2 is 1.66 bits per heavy atom. The smallest absolute Gasteiger partial charge is 0.310 e. The van der Waals surface area contributed by atoms with Crippen molar-refractivity contribution in [2.45, 2.75) is 58.2 Å². The number of nitrogens with zero attached hydrogens (tertiary/aromatic N) is 1. The first-order valence-corrected chi connectivity index (χ1v) is 12.2. The van der Waals surface area contributed by atoms with Crippen molar-refractivity contribution >= 4 is 5.97 Å². The minimum atomic E-state index is -0.0494. The lowest BCUT2D eigenvalue weighted by Gasteiger charge is -2.50. The second-order valence-corrected chi connectivity index (χ2v) is 10.5. The van der Waals surface area contributed by atoms with Crippen molar-refractivity contribution in [2.24, 2.45) is 23.2 Å². The molecular formula is C29H35NO2. The molecule has 3 nitrogen and oxygen atoms in total. The molecule has 0 N–H and O–H groups in total. The van der Waals surface area contributed by atoms with Gasteiger partial charge in [-0.05, 0) is 54.6 Å². The fraction of sp³-hybridized carbons (Fsp3) is 0.483. The van der Waals surface area contributed by atoms with E-state index in [1.54, 1.807) is 0 Å². The highest BCUT2D eigenvalue weighted by Crippen LogP contribution is 2.57. The summed E-state index contributed by atoms with van der Waals surface area (Å²) in [5.74, 6) is 0.807. The molecule has 0 unspecified atom stereocenters. The van der Waals surface area contributed by atoms with Gasteiger partial charge in [0.05, 0.1) is 5.92 Å². The quantitative estimate of drug-likeness (QED) is 0.416. The van der Waals surface area contributed by atoms with Crippen molar-refractivity contribution in [3.63, 3.8) is 0 Å². The van der Waals surface area contributed by atoms with E-state index in [1.807, 2.05) is 0 Å². The summed E-state index contributed by atoms with van der Waals surface area (Å²) < 4.78 is 6.03. The molecule has 0 aromatic heterocycles. The van der Waals surface area contributed by atoms with E-state index in [1.165, 1.54) is 29.5 Å². The third-order valence-corrected chi connectivity index (χ3v) is 8.27. The maximum atomic E-state index is 13.1. The van der Waals surface area contributed by atoms with Gasteiger partial charge in [-0.25, -0.2) is 0 Å². The second-order valence-electron chi connectivity index (χ2n) is 10.5. The number of carbonyl (C=O) groups excluding carboxylic acids is 1. The molecule has 5 atom stereocenters. The van der Waals surface area contributed by atoms with Gasteiger partial charge in [0, 0.05) is 25.6 Å². The molecule has 0 spiro atoms. The molecule has 0 amide bonds. The zero-order chi connectivity index (χ0) is 22.1. The fourth-order valence-electron chi connectivity index (χ4n) is 6.61. The Labute approximate surface area is 192 Å². The van der Waals surface area contributed by atoms with Crippen LogP contribution in [0.15, 0.2) is 72.8 Å². The van der Waals surface area contributed by atoms with Crippen LogP contribution < -0.4 is 0 Å². The number of fused-ring (bicyclic) bond motifs is 2. The highest BCUT2D eigenvalue weighted by Gasteiger charge is 2.55. The van der Waals surface area contributed by atoms with Crippen molar-refractivity contribution in [1.82, 2.24) is 4.90 Å². The average Bonchev–Trinajstić information content (AvgIpc) is 3.07. The zero-order valence-electron chi connectivity index (χ0n) is 19.2. The van der Waals surface area contributed by atoms with Crippen LogP contribution in [0.1, 0.15) is 50.2 Å². The van der Waals surface area contributed by atoms with E-state index in [0.29, 0.717) is 11.8 Å². The van der Waals surface area contributed by atoms with Crippen LogP contribution in [0.5, 0.6) is 0 Å². The molecule has 1 saturated heterocycles. The molecule has 2 aromatic rings. The van der Waals surface area contributed by atoms with Crippen LogP contribution in [-0.2, 0) is 22.6 Å². The maximum absolute atomic E-state index is 13.1. The first-order chi connectivity index (χ1) is 15.5. The van der Waals surface area contributed by atoms with Crippen LogP contribution in [0, 0.1) is 23.2 Å². The Kier molecular flexibility index (Phi) is 5.94. The monoisotopic (exact) mass is 429 g/mol. The summed E-state index contributed by atoms with van der Waals surface area (Å²) in [6.45, 7) is 9.26. The van der Waals surface area contributed by atoms with Gasteiger partial charge in [0.2, 0.25) is 0 Å². The van der Waals surface area contributed by atoms with Crippen LogP contribution >= 0.6 is 0 Å². The second kappa shape index (κ2) is 8.86. The largest absolute Gasteiger partial charge is 0.462 e. The van der Waals surface area contributed by atoms with Crippen molar-refractivity contribution in [3.8, 4) is 0 Å². The zero-order valence-corrected chi connectivity index (χ0v) is 19.2. The van der Waals surface area contributed by atoms with Gasteiger partial charge in [0.1, 0.15) is 6.10 Å².